The first-order valence-electron chi connectivity index (χ1n) is 13.5. The van der Waals surface area contributed by atoms with Crippen LogP contribution in [-0.4, -0.2) is 52.1 Å². The highest BCUT2D eigenvalue weighted by Gasteiger charge is 2.56. The molecule has 2 aromatic rings. The number of fused-ring (bicyclic) bond motifs is 3. The van der Waals surface area contributed by atoms with Crippen molar-refractivity contribution in [3.8, 4) is 17.2 Å². The Labute approximate surface area is 241 Å². The van der Waals surface area contributed by atoms with E-state index >= 15 is 0 Å². The molecule has 0 spiro atoms. The maximum Gasteiger partial charge on any atom is 0.233 e. The Kier molecular flexibility index (Phi) is 6.61. The van der Waals surface area contributed by atoms with Crippen molar-refractivity contribution >= 4 is 35.0 Å². The molecule has 0 unspecified atom stereocenters. The number of phenols is 2. The summed E-state index contributed by atoms with van der Waals surface area (Å²) in [5, 5.41) is 20.0. The number of imide groups is 1. The Balaban J connectivity index is 1.40. The molecule has 0 saturated carbocycles. The summed E-state index contributed by atoms with van der Waals surface area (Å²) in [4.78, 5) is 55.5. The fourth-order valence-electron chi connectivity index (χ4n) is 6.87. The Hall–Kier alpha value is -4.17. The van der Waals surface area contributed by atoms with Crippen LogP contribution in [0, 0.1) is 17.8 Å². The number of hydrogen-bond acceptors (Lipinski definition) is 7. The highest BCUT2D eigenvalue weighted by Crippen LogP contribution is 2.56. The largest absolute Gasteiger partial charge is 0.508 e. The number of likely N-dealkylation sites (tertiary alicyclic amines) is 1. The number of Topliss-reactive ketones (excluding diaryl/α,β-unsaturated/α-hetero) is 1. The summed E-state index contributed by atoms with van der Waals surface area (Å²) in [6.45, 7) is 1.81. The van der Waals surface area contributed by atoms with Crippen LogP contribution < -0.4 is 4.74 Å². The summed E-state index contributed by atoms with van der Waals surface area (Å²) >= 11 is 6.35. The molecular weight excluding hydrogens is 546 g/mol. The van der Waals surface area contributed by atoms with Gasteiger partial charge in [0.25, 0.3) is 0 Å². The maximum absolute atomic E-state index is 13.9. The Morgan fingerprint density at radius 2 is 1.76 bits per heavy atom. The van der Waals surface area contributed by atoms with Crippen LogP contribution in [0.15, 0.2) is 70.8 Å². The standard InChI is InChI=1S/C32H28ClNO7/c1-15-11-24(36)28-22(29(15)37)14-21-19(26(28)17-12-23(33)30(38)25(13-17)41-2)7-8-20-27(21)32(40)34(31(20)39)10-9-16-3-5-18(35)6-4-16/h3-7,11-13,20-21,26-27,35,38H,8-10,14H2,1-2H3/t20-,21+,26-,27-/m0/s1. The van der Waals surface area contributed by atoms with Crippen LogP contribution in [-0.2, 0) is 25.6 Å². The van der Waals surface area contributed by atoms with E-state index in [-0.39, 0.29) is 58.6 Å². The normalized spacial score (nSPS) is 25.5. The van der Waals surface area contributed by atoms with E-state index in [2.05, 4.69) is 0 Å². The van der Waals surface area contributed by atoms with Gasteiger partial charge in [-0.05, 0) is 73.6 Å². The van der Waals surface area contributed by atoms with Gasteiger partial charge in [-0.25, -0.2) is 0 Å². The Bertz CT molecular complexity index is 1620. The number of benzene rings is 2. The monoisotopic (exact) mass is 573 g/mol. The fourth-order valence-corrected chi connectivity index (χ4v) is 7.09. The lowest BCUT2D eigenvalue weighted by molar-refractivity contribution is -0.140. The van der Waals surface area contributed by atoms with Crippen molar-refractivity contribution in [2.75, 3.05) is 13.7 Å². The smallest absolute Gasteiger partial charge is 0.233 e. The molecule has 2 aromatic carbocycles. The van der Waals surface area contributed by atoms with E-state index in [9.17, 15) is 29.4 Å². The fraction of sp³-hybridized carbons (Fsp3) is 0.312. The van der Waals surface area contributed by atoms with Gasteiger partial charge in [-0.15, -0.1) is 0 Å². The molecule has 9 heteroatoms. The van der Waals surface area contributed by atoms with Crippen molar-refractivity contribution in [2.45, 2.75) is 32.1 Å². The van der Waals surface area contributed by atoms with E-state index in [1.807, 2.05) is 6.08 Å². The predicted molar refractivity (Wildman–Crippen MR) is 150 cm³/mol. The molecule has 41 heavy (non-hydrogen) atoms. The van der Waals surface area contributed by atoms with E-state index in [4.69, 9.17) is 16.3 Å². The summed E-state index contributed by atoms with van der Waals surface area (Å²) < 4.78 is 5.33. The average molecular weight is 574 g/mol. The van der Waals surface area contributed by atoms with Gasteiger partial charge in [0.2, 0.25) is 11.8 Å². The highest BCUT2D eigenvalue weighted by atomic mass is 35.5. The van der Waals surface area contributed by atoms with Gasteiger partial charge in [-0.3, -0.25) is 24.1 Å². The van der Waals surface area contributed by atoms with Gasteiger partial charge >= 0.3 is 0 Å². The zero-order valence-electron chi connectivity index (χ0n) is 22.5. The molecule has 4 atom stereocenters. The maximum atomic E-state index is 13.9. The number of carbonyl (C=O) groups excluding carboxylic acids is 4. The summed E-state index contributed by atoms with van der Waals surface area (Å²) in [6, 6.07) is 9.79. The number of carbonyl (C=O) groups is 4. The summed E-state index contributed by atoms with van der Waals surface area (Å²) in [5.41, 5.74) is 3.26. The molecule has 0 aromatic heterocycles. The van der Waals surface area contributed by atoms with Crippen molar-refractivity contribution < 1.29 is 34.1 Å². The van der Waals surface area contributed by atoms with E-state index < -0.39 is 23.7 Å². The van der Waals surface area contributed by atoms with Crippen LogP contribution in [0.3, 0.4) is 0 Å². The zero-order chi connectivity index (χ0) is 29.2. The molecule has 2 amide bonds. The minimum Gasteiger partial charge on any atom is -0.508 e. The summed E-state index contributed by atoms with van der Waals surface area (Å²) in [7, 11) is 1.39. The molecule has 0 bridgehead atoms. The van der Waals surface area contributed by atoms with Crippen LogP contribution in [0.5, 0.6) is 17.2 Å². The lowest BCUT2D eigenvalue weighted by Crippen LogP contribution is -2.40. The second kappa shape index (κ2) is 10.0. The number of phenolic OH excluding ortho intramolecular Hbond substituents is 2. The van der Waals surface area contributed by atoms with Crippen LogP contribution in [0.25, 0.3) is 0 Å². The van der Waals surface area contributed by atoms with Crippen molar-refractivity contribution in [3.63, 3.8) is 0 Å². The average Bonchev–Trinajstić information content (AvgIpc) is 3.20. The molecule has 2 N–H and O–H groups in total. The second-order valence-corrected chi connectivity index (χ2v) is 11.4. The number of ketones is 2. The third-order valence-corrected chi connectivity index (χ3v) is 9.11. The number of hydrogen-bond donors (Lipinski definition) is 2. The van der Waals surface area contributed by atoms with E-state index in [1.165, 1.54) is 18.1 Å². The number of ether oxygens (including phenoxy) is 1. The van der Waals surface area contributed by atoms with Gasteiger partial charge in [-0.2, -0.15) is 0 Å². The minimum absolute atomic E-state index is 0.0340. The third kappa shape index (κ3) is 4.28. The highest BCUT2D eigenvalue weighted by molar-refractivity contribution is 6.32. The molecule has 8 nitrogen and oxygen atoms in total. The van der Waals surface area contributed by atoms with Gasteiger partial charge in [0.1, 0.15) is 5.75 Å². The lowest BCUT2D eigenvalue weighted by Gasteiger charge is -2.42. The number of methoxy groups -OCH3 is 1. The first-order valence-corrected chi connectivity index (χ1v) is 13.9. The zero-order valence-corrected chi connectivity index (χ0v) is 23.3. The van der Waals surface area contributed by atoms with E-state index in [0.717, 1.165) is 11.1 Å². The molecule has 1 aliphatic heterocycles. The van der Waals surface area contributed by atoms with Crippen LogP contribution >= 0.6 is 11.6 Å². The molecule has 0 radical (unpaired) electrons. The minimum atomic E-state index is -0.688. The van der Waals surface area contributed by atoms with Gasteiger partial charge in [0.05, 0.1) is 24.0 Å². The molecule has 210 valence electrons. The van der Waals surface area contributed by atoms with E-state index in [0.29, 0.717) is 35.1 Å². The summed E-state index contributed by atoms with van der Waals surface area (Å²) in [6.07, 6.45) is 4.24. The van der Waals surface area contributed by atoms with E-state index in [1.54, 1.807) is 43.3 Å². The third-order valence-electron chi connectivity index (χ3n) is 8.82. The molecule has 1 fully saturated rings. The van der Waals surface area contributed by atoms with Crippen molar-refractivity contribution in [3.05, 3.63) is 87.0 Å². The predicted octanol–water partition coefficient (Wildman–Crippen LogP) is 4.43. The van der Waals surface area contributed by atoms with Gasteiger partial charge < -0.3 is 14.9 Å². The number of allylic oxidation sites excluding steroid dienone is 6. The molecule has 4 aliphatic rings. The van der Waals surface area contributed by atoms with Crippen LogP contribution in [0.2, 0.25) is 5.02 Å². The summed E-state index contributed by atoms with van der Waals surface area (Å²) in [5.74, 6) is -3.38. The number of aromatic hydroxyl groups is 2. The van der Waals surface area contributed by atoms with Crippen LogP contribution in [0.1, 0.15) is 36.8 Å². The molecular formula is C32H28ClNO7. The van der Waals surface area contributed by atoms with Crippen molar-refractivity contribution in [2.24, 2.45) is 17.8 Å². The number of amides is 2. The van der Waals surface area contributed by atoms with Crippen LogP contribution in [0.4, 0.5) is 0 Å². The molecule has 6 rings (SSSR count). The van der Waals surface area contributed by atoms with Gasteiger partial charge in [0.15, 0.2) is 23.1 Å². The van der Waals surface area contributed by atoms with Gasteiger partial charge in [-0.1, -0.05) is 35.4 Å². The molecule has 1 heterocycles. The number of nitrogens with zero attached hydrogens (tertiary/aromatic N) is 1. The Morgan fingerprint density at radius 1 is 1.02 bits per heavy atom. The number of rotatable bonds is 5. The molecule has 1 saturated heterocycles. The number of halogens is 1. The lowest BCUT2D eigenvalue weighted by atomic mass is 9.59. The van der Waals surface area contributed by atoms with Crippen molar-refractivity contribution in [1.29, 1.82) is 0 Å². The van der Waals surface area contributed by atoms with Crippen molar-refractivity contribution in [1.82, 2.24) is 4.90 Å². The quantitative estimate of drug-likeness (QED) is 0.308. The Morgan fingerprint density at radius 3 is 2.46 bits per heavy atom. The second-order valence-electron chi connectivity index (χ2n) is 11.0. The first kappa shape index (κ1) is 27.0. The SMILES string of the molecule is COc1cc([C@H]2C3=CC[C@@H]4C(=O)N(CCc5ccc(O)cc5)C(=O)[C@@H]4[C@@H]3CC3=C2C(=O)C=C(C)C3=O)cc(Cl)c1O. The van der Waals surface area contributed by atoms with Gasteiger partial charge in [0, 0.05) is 29.2 Å². The topological polar surface area (TPSA) is 121 Å². The first-order chi connectivity index (χ1) is 19.6. The molecule has 3 aliphatic carbocycles.